The lowest BCUT2D eigenvalue weighted by Gasteiger charge is -2.03. The Kier molecular flexibility index (Phi) is 3.71. The monoisotopic (exact) mass is 394 g/mol. The van der Waals surface area contributed by atoms with Crippen molar-refractivity contribution in [3.8, 4) is 6.07 Å². The van der Waals surface area contributed by atoms with Crippen LogP contribution < -0.4 is 5.32 Å². The number of benzene rings is 2. The summed E-state index contributed by atoms with van der Waals surface area (Å²) in [5.41, 5.74) is 5.58. The predicted octanol–water partition coefficient (Wildman–Crippen LogP) is 3.42. The number of amides is 2. The fourth-order valence-electron chi connectivity index (χ4n) is 4.32. The van der Waals surface area contributed by atoms with Crippen molar-refractivity contribution in [2.75, 3.05) is 0 Å². The fraction of sp³-hybridized carbons (Fsp3) is 0.125. The second-order valence-electron chi connectivity index (χ2n) is 7.70. The van der Waals surface area contributed by atoms with E-state index in [9.17, 15) is 14.9 Å². The summed E-state index contributed by atoms with van der Waals surface area (Å²) < 4.78 is 3.87. The third kappa shape index (κ3) is 2.42. The van der Waals surface area contributed by atoms with Gasteiger partial charge in [-0.1, -0.05) is 12.1 Å². The van der Waals surface area contributed by atoms with Crippen LogP contribution in [-0.4, -0.2) is 20.9 Å². The summed E-state index contributed by atoms with van der Waals surface area (Å²) >= 11 is 0. The Morgan fingerprint density at radius 1 is 0.833 bits per heavy atom. The van der Waals surface area contributed by atoms with Crippen molar-refractivity contribution in [3.63, 3.8) is 0 Å². The predicted molar refractivity (Wildman–Crippen MR) is 115 cm³/mol. The van der Waals surface area contributed by atoms with Crippen LogP contribution in [0, 0.1) is 18.3 Å². The number of hydrogen-bond acceptors (Lipinski definition) is 3. The number of aryl methyl sites for hydroxylation is 3. The number of aromatic nitrogens is 2. The lowest BCUT2D eigenvalue weighted by Crippen LogP contribution is -2.22. The molecule has 1 aliphatic heterocycles. The highest BCUT2D eigenvalue weighted by atomic mass is 16.2. The fourth-order valence-corrected chi connectivity index (χ4v) is 4.32. The highest BCUT2D eigenvalue weighted by Gasteiger charge is 2.35. The number of carbonyl (C=O) groups excluding carboxylic acids is 2. The van der Waals surface area contributed by atoms with Crippen LogP contribution >= 0.6 is 0 Å². The van der Waals surface area contributed by atoms with Crippen molar-refractivity contribution >= 4 is 44.8 Å². The molecule has 1 aliphatic rings. The molecule has 0 atom stereocenters. The normalized spacial score (nSPS) is 14.1. The van der Waals surface area contributed by atoms with Crippen LogP contribution in [0.15, 0.2) is 48.8 Å². The molecule has 2 aromatic heterocycles. The smallest absolute Gasteiger partial charge is 0.259 e. The lowest BCUT2D eigenvalue weighted by atomic mass is 9.95. The first-order valence-electron chi connectivity index (χ1n) is 9.54. The van der Waals surface area contributed by atoms with Gasteiger partial charge in [0.15, 0.2) is 0 Å². The van der Waals surface area contributed by atoms with Crippen LogP contribution in [0.25, 0.3) is 33.0 Å². The third-order valence-electron chi connectivity index (χ3n) is 5.73. The Bertz CT molecular complexity index is 1490. The Balaban J connectivity index is 1.87. The average molecular weight is 394 g/mol. The molecule has 0 spiro atoms. The van der Waals surface area contributed by atoms with Gasteiger partial charge in [-0.25, -0.2) is 0 Å². The van der Waals surface area contributed by atoms with Gasteiger partial charge in [-0.3, -0.25) is 14.9 Å². The summed E-state index contributed by atoms with van der Waals surface area (Å²) in [6, 6.07) is 13.5. The quantitative estimate of drug-likeness (QED) is 0.529. The zero-order valence-electron chi connectivity index (χ0n) is 16.8. The summed E-state index contributed by atoms with van der Waals surface area (Å²) in [7, 11) is 3.81. The van der Waals surface area contributed by atoms with Gasteiger partial charge in [0.25, 0.3) is 11.8 Å². The van der Waals surface area contributed by atoms with E-state index in [1.54, 1.807) is 12.1 Å². The maximum absolute atomic E-state index is 12.9. The van der Waals surface area contributed by atoms with E-state index in [0.717, 1.165) is 32.9 Å². The van der Waals surface area contributed by atoms with E-state index >= 15 is 0 Å². The minimum Gasteiger partial charge on any atom is -0.350 e. The van der Waals surface area contributed by atoms with E-state index in [1.165, 1.54) is 0 Å². The van der Waals surface area contributed by atoms with E-state index in [1.807, 2.05) is 60.7 Å². The number of hydrogen-bond donors (Lipinski definition) is 1. The van der Waals surface area contributed by atoms with Gasteiger partial charge in [0.05, 0.1) is 22.8 Å². The van der Waals surface area contributed by atoms with E-state index in [2.05, 4.69) is 17.5 Å². The molecule has 0 fully saturated rings. The maximum atomic E-state index is 12.9. The number of carbonyl (C=O) groups is 2. The van der Waals surface area contributed by atoms with Crippen molar-refractivity contribution < 1.29 is 9.59 Å². The molecule has 146 valence electrons. The van der Waals surface area contributed by atoms with Crippen LogP contribution in [0.3, 0.4) is 0 Å². The highest BCUT2D eigenvalue weighted by molar-refractivity contribution is 6.50. The molecule has 0 unspecified atom stereocenters. The van der Waals surface area contributed by atoms with Gasteiger partial charge in [0, 0.05) is 59.4 Å². The van der Waals surface area contributed by atoms with Gasteiger partial charge in [0.2, 0.25) is 0 Å². The second kappa shape index (κ2) is 6.19. The van der Waals surface area contributed by atoms with Gasteiger partial charge in [-0.05, 0) is 36.8 Å². The summed E-state index contributed by atoms with van der Waals surface area (Å²) in [6.45, 7) is 2.02. The number of fused-ring (bicyclic) bond motifs is 2. The van der Waals surface area contributed by atoms with Crippen molar-refractivity contribution in [2.45, 2.75) is 6.92 Å². The van der Waals surface area contributed by atoms with Crippen LogP contribution in [0.2, 0.25) is 0 Å². The standard InChI is InChI=1S/C24H18N4O2/c1-13-4-6-15-17(11-28(3)20(15)8-13)21-22(24(30)26-23(21)29)18-12-27(2)19-7-5-14(10-25)9-16(18)19/h4-9,11-12H,1-3H3,(H,26,29,30). The summed E-state index contributed by atoms with van der Waals surface area (Å²) in [6.07, 6.45) is 3.73. The second-order valence-corrected chi connectivity index (χ2v) is 7.70. The number of rotatable bonds is 2. The van der Waals surface area contributed by atoms with Gasteiger partial charge in [0.1, 0.15) is 0 Å². The van der Waals surface area contributed by atoms with E-state index in [4.69, 9.17) is 0 Å². The number of nitrogens with zero attached hydrogens (tertiary/aromatic N) is 3. The van der Waals surface area contributed by atoms with Gasteiger partial charge < -0.3 is 9.13 Å². The first-order valence-corrected chi connectivity index (χ1v) is 9.54. The zero-order chi connectivity index (χ0) is 21.2. The summed E-state index contributed by atoms with van der Waals surface area (Å²) in [5.74, 6) is -0.828. The molecule has 2 aromatic carbocycles. The topological polar surface area (TPSA) is 79.8 Å². The van der Waals surface area contributed by atoms with Crippen molar-refractivity contribution in [3.05, 3.63) is 71.0 Å². The maximum Gasteiger partial charge on any atom is 0.259 e. The molecule has 6 heteroatoms. The number of nitriles is 1. The summed E-state index contributed by atoms with van der Waals surface area (Å²) in [4.78, 5) is 25.8. The minimum atomic E-state index is -0.422. The molecule has 1 N–H and O–H groups in total. The van der Waals surface area contributed by atoms with Gasteiger partial charge in [-0.2, -0.15) is 5.26 Å². The zero-order valence-corrected chi connectivity index (χ0v) is 16.8. The molecule has 0 saturated carbocycles. The van der Waals surface area contributed by atoms with E-state index in [0.29, 0.717) is 22.3 Å². The molecule has 0 aliphatic carbocycles. The Morgan fingerprint density at radius 2 is 1.47 bits per heavy atom. The Labute approximate surface area is 172 Å². The first-order chi connectivity index (χ1) is 14.4. The molecular formula is C24H18N4O2. The molecule has 4 aromatic rings. The molecule has 0 radical (unpaired) electrons. The highest BCUT2D eigenvalue weighted by Crippen LogP contribution is 2.38. The largest absolute Gasteiger partial charge is 0.350 e. The molecule has 6 nitrogen and oxygen atoms in total. The van der Waals surface area contributed by atoms with Crippen molar-refractivity contribution in [1.29, 1.82) is 5.26 Å². The molecule has 0 saturated heterocycles. The summed E-state index contributed by atoms with van der Waals surface area (Å²) in [5, 5.41) is 13.5. The third-order valence-corrected chi connectivity index (χ3v) is 5.73. The molecule has 5 rings (SSSR count). The average Bonchev–Trinajstić information content (AvgIpc) is 3.32. The van der Waals surface area contributed by atoms with Gasteiger partial charge >= 0.3 is 0 Å². The Hall–Kier alpha value is -4.11. The number of nitrogens with one attached hydrogen (secondary N) is 1. The van der Waals surface area contributed by atoms with E-state index < -0.39 is 11.8 Å². The molecule has 3 heterocycles. The van der Waals surface area contributed by atoms with Crippen molar-refractivity contribution in [1.82, 2.24) is 14.5 Å². The molecule has 2 amide bonds. The Morgan fingerprint density at radius 3 is 2.13 bits per heavy atom. The molecule has 0 bridgehead atoms. The molecular weight excluding hydrogens is 376 g/mol. The van der Waals surface area contributed by atoms with Gasteiger partial charge in [-0.15, -0.1) is 0 Å². The SMILES string of the molecule is Cc1ccc2c(C3=C(c4cn(C)c5ccc(C#N)cc45)C(=O)NC3=O)cn(C)c2c1. The van der Waals surface area contributed by atoms with Crippen LogP contribution in [0.1, 0.15) is 22.3 Å². The first kappa shape index (κ1) is 18.0. The van der Waals surface area contributed by atoms with Crippen LogP contribution in [-0.2, 0) is 23.7 Å². The number of imide groups is 1. The van der Waals surface area contributed by atoms with Crippen LogP contribution in [0.4, 0.5) is 0 Å². The molecule has 30 heavy (non-hydrogen) atoms. The van der Waals surface area contributed by atoms with Crippen molar-refractivity contribution in [2.24, 2.45) is 14.1 Å². The lowest BCUT2D eigenvalue weighted by molar-refractivity contribution is -0.122. The van der Waals surface area contributed by atoms with Crippen LogP contribution in [0.5, 0.6) is 0 Å². The minimum absolute atomic E-state index is 0.341. The van der Waals surface area contributed by atoms with E-state index in [-0.39, 0.29) is 0 Å².